The summed E-state index contributed by atoms with van der Waals surface area (Å²) in [7, 11) is 1.34. The van der Waals surface area contributed by atoms with Crippen molar-refractivity contribution in [2.45, 2.75) is 64.0 Å². The fraction of sp³-hybridized carbons (Fsp3) is 0.548. The molecule has 0 spiro atoms. The van der Waals surface area contributed by atoms with E-state index in [0.29, 0.717) is 55.7 Å². The van der Waals surface area contributed by atoms with Crippen LogP contribution in [-0.4, -0.2) is 65.0 Å². The van der Waals surface area contributed by atoms with Crippen molar-refractivity contribution < 1.29 is 45.4 Å². The number of halogens is 7. The highest BCUT2D eigenvalue weighted by Crippen LogP contribution is 2.39. The van der Waals surface area contributed by atoms with Crippen LogP contribution in [-0.2, 0) is 17.1 Å². The molecule has 242 valence electrons. The molecule has 6 nitrogen and oxygen atoms in total. The zero-order chi connectivity index (χ0) is 32.6. The summed E-state index contributed by atoms with van der Waals surface area (Å²) in [5.41, 5.74) is -1.95. The lowest BCUT2D eigenvalue weighted by Gasteiger charge is -2.45. The van der Waals surface area contributed by atoms with Crippen LogP contribution in [0.3, 0.4) is 0 Å². The van der Waals surface area contributed by atoms with E-state index in [-0.39, 0.29) is 30.0 Å². The Kier molecular flexibility index (Phi) is 9.87. The number of amides is 2. The van der Waals surface area contributed by atoms with Crippen molar-refractivity contribution in [3.8, 4) is 0 Å². The topological polar surface area (TPSA) is 64.1 Å². The second-order valence-electron chi connectivity index (χ2n) is 11.9. The summed E-state index contributed by atoms with van der Waals surface area (Å²) in [4.78, 5) is 30.1. The van der Waals surface area contributed by atoms with Crippen molar-refractivity contribution in [1.82, 2.24) is 14.7 Å². The van der Waals surface area contributed by atoms with Gasteiger partial charge in [0.2, 0.25) is 0 Å². The maximum Gasteiger partial charge on any atom is 0.416 e. The van der Waals surface area contributed by atoms with Crippen molar-refractivity contribution >= 4 is 12.0 Å². The van der Waals surface area contributed by atoms with E-state index in [0.717, 1.165) is 17.7 Å². The van der Waals surface area contributed by atoms with Gasteiger partial charge in [0.15, 0.2) is 0 Å². The molecule has 2 aromatic rings. The summed E-state index contributed by atoms with van der Waals surface area (Å²) in [6.45, 7) is 4.82. The minimum Gasteiger partial charge on any atom is -0.481 e. The van der Waals surface area contributed by atoms with Crippen LogP contribution in [0.5, 0.6) is 0 Å². The Hall–Kier alpha value is -3.35. The summed E-state index contributed by atoms with van der Waals surface area (Å²) in [5, 5.41) is 9.31. The van der Waals surface area contributed by atoms with Crippen molar-refractivity contribution in [3.63, 3.8) is 0 Å². The molecule has 0 aromatic heterocycles. The predicted octanol–water partition coefficient (Wildman–Crippen LogP) is 7.53. The number of benzene rings is 2. The molecule has 1 N–H and O–H groups in total. The summed E-state index contributed by atoms with van der Waals surface area (Å²) in [5.74, 6) is -1.32. The van der Waals surface area contributed by atoms with Crippen LogP contribution in [0.15, 0.2) is 36.4 Å². The largest absolute Gasteiger partial charge is 0.481 e. The average molecular weight is 632 g/mol. The maximum atomic E-state index is 14.0. The third kappa shape index (κ3) is 7.65. The second-order valence-corrected chi connectivity index (χ2v) is 11.9. The van der Waals surface area contributed by atoms with Crippen LogP contribution in [0, 0.1) is 24.6 Å². The van der Waals surface area contributed by atoms with E-state index >= 15 is 0 Å². The first-order valence-corrected chi connectivity index (χ1v) is 14.5. The van der Waals surface area contributed by atoms with Gasteiger partial charge in [0, 0.05) is 33.2 Å². The van der Waals surface area contributed by atoms with Crippen LogP contribution < -0.4 is 0 Å². The van der Waals surface area contributed by atoms with Gasteiger partial charge in [-0.15, -0.1) is 0 Å². The number of alkyl halides is 6. The number of urea groups is 1. The minimum absolute atomic E-state index is 0.0543. The van der Waals surface area contributed by atoms with E-state index in [1.54, 1.807) is 13.0 Å². The average Bonchev–Trinajstić information content (AvgIpc) is 2.95. The molecule has 1 saturated carbocycles. The molecule has 1 aliphatic carbocycles. The van der Waals surface area contributed by atoms with E-state index in [2.05, 4.69) is 4.90 Å². The van der Waals surface area contributed by atoms with Gasteiger partial charge >= 0.3 is 24.4 Å². The standard InChI is InChI=1S/C31H36F7N3O3/c1-18-12-25(32)8-9-26(18)27-17-40(16-20-4-6-21(7-5-20)28(42)43)10-11-41(27)29(44)39(3)19(2)22-13-23(30(33,34)35)15-24(14-22)31(36,37)38/h8-9,12-15,19-21,27H,4-7,10-11,16-17H2,1-3H3,(H,42,43)/t19-,20-,21-,27-/m1/s1. The lowest BCUT2D eigenvalue weighted by Crippen LogP contribution is -2.54. The summed E-state index contributed by atoms with van der Waals surface area (Å²) in [6.07, 6.45) is -7.35. The molecule has 2 aliphatic rings. The SMILES string of the molecule is Cc1cc(F)ccc1[C@H]1CN(C[C@H]2CC[C@H](C(=O)O)CC2)CCN1C(=O)N(C)[C@H](C)c1cc(C(F)(F)F)cc(C(F)(F)F)c1. The molecule has 0 bridgehead atoms. The minimum atomic E-state index is -5.02. The van der Waals surface area contributed by atoms with Crippen molar-refractivity contribution in [3.05, 3.63) is 70.0 Å². The van der Waals surface area contributed by atoms with Gasteiger partial charge in [0.1, 0.15) is 5.82 Å². The smallest absolute Gasteiger partial charge is 0.416 e. The monoisotopic (exact) mass is 631 g/mol. The van der Waals surface area contributed by atoms with Gasteiger partial charge < -0.3 is 14.9 Å². The molecule has 1 heterocycles. The predicted molar refractivity (Wildman–Crippen MR) is 148 cm³/mol. The number of piperazine rings is 1. The first kappa shape index (κ1) is 33.5. The van der Waals surface area contributed by atoms with Crippen LogP contribution >= 0.6 is 0 Å². The molecule has 2 amide bonds. The number of aliphatic carboxylic acids is 1. The van der Waals surface area contributed by atoms with E-state index in [1.807, 2.05) is 0 Å². The fourth-order valence-electron chi connectivity index (χ4n) is 6.28. The zero-order valence-electron chi connectivity index (χ0n) is 24.7. The van der Waals surface area contributed by atoms with Gasteiger partial charge in [-0.3, -0.25) is 9.69 Å². The molecule has 1 saturated heterocycles. The van der Waals surface area contributed by atoms with Gasteiger partial charge in [0.05, 0.1) is 29.1 Å². The van der Waals surface area contributed by atoms with Crippen molar-refractivity contribution in [2.75, 3.05) is 33.2 Å². The summed E-state index contributed by atoms with van der Waals surface area (Å²) >= 11 is 0. The third-order valence-corrected chi connectivity index (χ3v) is 8.99. The first-order chi connectivity index (χ1) is 20.5. The molecule has 13 heteroatoms. The molecule has 2 aromatic carbocycles. The van der Waals surface area contributed by atoms with Gasteiger partial charge in [-0.25, -0.2) is 9.18 Å². The number of hydrogen-bond acceptors (Lipinski definition) is 3. The Morgan fingerprint density at radius 3 is 2.07 bits per heavy atom. The lowest BCUT2D eigenvalue weighted by atomic mass is 9.81. The molecule has 44 heavy (non-hydrogen) atoms. The quantitative estimate of drug-likeness (QED) is 0.335. The number of nitrogens with zero attached hydrogens (tertiary/aromatic N) is 3. The number of aryl methyl sites for hydroxylation is 1. The zero-order valence-corrected chi connectivity index (χ0v) is 24.7. The summed E-state index contributed by atoms with van der Waals surface area (Å²) in [6, 6.07) is 3.24. The van der Waals surface area contributed by atoms with Crippen LogP contribution in [0.25, 0.3) is 0 Å². The Morgan fingerprint density at radius 2 is 1.55 bits per heavy atom. The van der Waals surface area contributed by atoms with E-state index < -0.39 is 53.4 Å². The third-order valence-electron chi connectivity index (χ3n) is 8.99. The van der Waals surface area contributed by atoms with Gasteiger partial charge in [-0.2, -0.15) is 26.3 Å². The van der Waals surface area contributed by atoms with E-state index in [9.17, 15) is 45.4 Å². The molecule has 0 unspecified atom stereocenters. The molecular formula is C31H36F7N3O3. The van der Waals surface area contributed by atoms with Gasteiger partial charge in [0.25, 0.3) is 0 Å². The van der Waals surface area contributed by atoms with Crippen molar-refractivity contribution in [2.24, 2.45) is 11.8 Å². The Bertz CT molecular complexity index is 1320. The maximum absolute atomic E-state index is 14.0. The molecule has 1 aliphatic heterocycles. The Balaban J connectivity index is 1.58. The number of carbonyl (C=O) groups excluding carboxylic acids is 1. The highest BCUT2D eigenvalue weighted by atomic mass is 19.4. The summed E-state index contributed by atoms with van der Waals surface area (Å²) < 4.78 is 95.0. The lowest BCUT2D eigenvalue weighted by molar-refractivity contribution is -0.144. The molecule has 2 fully saturated rings. The highest BCUT2D eigenvalue weighted by Gasteiger charge is 2.40. The number of carbonyl (C=O) groups is 2. The van der Waals surface area contributed by atoms with Crippen LogP contribution in [0.1, 0.15) is 72.5 Å². The van der Waals surface area contributed by atoms with E-state index in [4.69, 9.17) is 0 Å². The molecule has 2 atom stereocenters. The number of hydrogen-bond donors (Lipinski definition) is 1. The number of rotatable bonds is 6. The van der Waals surface area contributed by atoms with Gasteiger partial charge in [-0.05, 0) is 92.5 Å². The Labute approximate surface area is 251 Å². The molecule has 4 rings (SSSR count). The number of carboxylic acid groups (broad SMARTS) is 1. The van der Waals surface area contributed by atoms with Crippen LogP contribution in [0.2, 0.25) is 0 Å². The Morgan fingerprint density at radius 1 is 0.955 bits per heavy atom. The fourth-order valence-corrected chi connectivity index (χ4v) is 6.28. The van der Waals surface area contributed by atoms with Gasteiger partial charge in [-0.1, -0.05) is 6.07 Å². The molecular weight excluding hydrogens is 595 g/mol. The van der Waals surface area contributed by atoms with Crippen molar-refractivity contribution in [1.29, 1.82) is 0 Å². The number of carboxylic acids is 1. The molecule has 0 radical (unpaired) electrons. The van der Waals surface area contributed by atoms with Crippen LogP contribution in [0.4, 0.5) is 35.5 Å². The van der Waals surface area contributed by atoms with E-state index in [1.165, 1.54) is 31.0 Å². The second kappa shape index (κ2) is 12.9. The first-order valence-electron chi connectivity index (χ1n) is 14.5. The normalized spacial score (nSPS) is 22.5. The highest BCUT2D eigenvalue weighted by molar-refractivity contribution is 5.75.